The van der Waals surface area contributed by atoms with Gasteiger partial charge in [-0.15, -0.1) is 0 Å². The minimum absolute atomic E-state index is 0.0210. The van der Waals surface area contributed by atoms with Crippen molar-refractivity contribution in [2.75, 3.05) is 19.5 Å². The first-order chi connectivity index (χ1) is 11.5. The molecule has 0 spiro atoms. The van der Waals surface area contributed by atoms with Gasteiger partial charge in [0.05, 0.1) is 19.1 Å². The van der Waals surface area contributed by atoms with E-state index in [0.717, 1.165) is 0 Å². The van der Waals surface area contributed by atoms with Crippen LogP contribution in [0.4, 0.5) is 5.69 Å². The molecule has 0 atom stereocenters. The van der Waals surface area contributed by atoms with Crippen LogP contribution in [0.15, 0.2) is 64.5 Å². The minimum atomic E-state index is -3.90. The van der Waals surface area contributed by atoms with E-state index in [4.69, 9.17) is 9.47 Å². The van der Waals surface area contributed by atoms with Crippen LogP contribution < -0.4 is 14.8 Å². The highest BCUT2D eigenvalue weighted by molar-refractivity contribution is 7.95. The van der Waals surface area contributed by atoms with Crippen LogP contribution in [0.3, 0.4) is 0 Å². The Balaban J connectivity index is 2.25. The molecule has 0 saturated heterocycles. The van der Waals surface area contributed by atoms with Crippen LogP contribution >= 0.6 is 0 Å². The molecule has 2 aromatic carbocycles. The van der Waals surface area contributed by atoms with Crippen molar-refractivity contribution in [3.05, 3.63) is 59.6 Å². The van der Waals surface area contributed by atoms with Gasteiger partial charge in [-0.05, 0) is 48.5 Å². The Morgan fingerprint density at radius 3 is 1.96 bits per heavy atom. The van der Waals surface area contributed by atoms with E-state index in [1.807, 2.05) is 0 Å². The minimum Gasteiger partial charge on any atom is -0.497 e. The zero-order valence-corrected chi connectivity index (χ0v) is 14.0. The lowest BCUT2D eigenvalue weighted by atomic mass is 10.3. The van der Waals surface area contributed by atoms with Gasteiger partial charge in [-0.25, -0.2) is 8.42 Å². The summed E-state index contributed by atoms with van der Waals surface area (Å²) in [7, 11) is -0.860. The van der Waals surface area contributed by atoms with Crippen LogP contribution in [-0.2, 0) is 9.84 Å². The highest BCUT2D eigenvalue weighted by Gasteiger charge is 2.20. The number of ether oxygens (including phenoxy) is 2. The fourth-order valence-electron chi connectivity index (χ4n) is 1.89. The number of nitrogens with zero attached hydrogens (tertiary/aromatic N) is 1. The summed E-state index contributed by atoms with van der Waals surface area (Å²) in [5, 5.41) is 12.0. The van der Waals surface area contributed by atoms with Crippen molar-refractivity contribution < 1.29 is 17.9 Å². The predicted octanol–water partition coefficient (Wildman–Crippen LogP) is 2.95. The molecule has 0 saturated carbocycles. The molecule has 0 heterocycles. The molecule has 1 N–H and O–H groups in total. The number of hydrogen-bond acceptors (Lipinski definition) is 6. The van der Waals surface area contributed by atoms with Gasteiger partial charge in [0.15, 0.2) is 4.91 Å². The maximum atomic E-state index is 12.5. The second-order valence-electron chi connectivity index (χ2n) is 4.67. The van der Waals surface area contributed by atoms with E-state index in [2.05, 4.69) is 5.32 Å². The van der Waals surface area contributed by atoms with Crippen molar-refractivity contribution in [1.29, 1.82) is 5.26 Å². The third-order valence-electron chi connectivity index (χ3n) is 3.23. The summed E-state index contributed by atoms with van der Waals surface area (Å²) in [5.74, 6) is 1.21. The van der Waals surface area contributed by atoms with E-state index in [9.17, 15) is 13.7 Å². The molecule has 124 valence electrons. The van der Waals surface area contributed by atoms with E-state index < -0.39 is 9.84 Å². The predicted molar refractivity (Wildman–Crippen MR) is 90.5 cm³/mol. The van der Waals surface area contributed by atoms with Crippen molar-refractivity contribution in [2.45, 2.75) is 4.90 Å². The van der Waals surface area contributed by atoms with Gasteiger partial charge in [-0.3, -0.25) is 0 Å². The van der Waals surface area contributed by atoms with Gasteiger partial charge in [-0.2, -0.15) is 5.26 Å². The van der Waals surface area contributed by atoms with Crippen molar-refractivity contribution in [1.82, 2.24) is 0 Å². The van der Waals surface area contributed by atoms with Crippen LogP contribution in [0.1, 0.15) is 0 Å². The summed E-state index contributed by atoms with van der Waals surface area (Å²) in [6.07, 6.45) is 1.17. The van der Waals surface area contributed by atoms with Crippen LogP contribution in [0.5, 0.6) is 11.5 Å². The summed E-state index contributed by atoms with van der Waals surface area (Å²) < 4.78 is 35.0. The van der Waals surface area contributed by atoms with Gasteiger partial charge < -0.3 is 14.8 Å². The summed E-state index contributed by atoms with van der Waals surface area (Å²) >= 11 is 0. The molecule has 2 aromatic rings. The van der Waals surface area contributed by atoms with Gasteiger partial charge in [-0.1, -0.05) is 0 Å². The average Bonchev–Trinajstić information content (AvgIpc) is 2.62. The largest absolute Gasteiger partial charge is 0.497 e. The molecular formula is C17H16N2O4S. The molecule has 0 aliphatic rings. The van der Waals surface area contributed by atoms with Crippen LogP contribution in [0.2, 0.25) is 0 Å². The summed E-state index contributed by atoms with van der Waals surface area (Å²) in [6.45, 7) is 0. The van der Waals surface area contributed by atoms with Crippen LogP contribution in [-0.4, -0.2) is 22.6 Å². The second kappa shape index (κ2) is 7.53. The van der Waals surface area contributed by atoms with E-state index in [-0.39, 0.29) is 9.80 Å². The number of anilines is 1. The van der Waals surface area contributed by atoms with Crippen molar-refractivity contribution in [3.63, 3.8) is 0 Å². The molecule has 24 heavy (non-hydrogen) atoms. The molecule has 0 fully saturated rings. The fraction of sp³-hybridized carbons (Fsp3) is 0.118. The van der Waals surface area contributed by atoms with Crippen molar-refractivity contribution in [3.8, 4) is 17.6 Å². The summed E-state index contributed by atoms with van der Waals surface area (Å²) in [6, 6.07) is 14.4. The standard InChI is InChI=1S/C17H16N2O4S/c1-22-14-5-3-13(4-6-14)19-12-17(11-18)24(20,21)16-9-7-15(23-2)8-10-16/h3-10,12,19H,1-2H3. The molecule has 0 aromatic heterocycles. The highest BCUT2D eigenvalue weighted by atomic mass is 32.2. The van der Waals surface area contributed by atoms with Crippen molar-refractivity contribution >= 4 is 15.5 Å². The molecular weight excluding hydrogens is 328 g/mol. The molecule has 2 rings (SSSR count). The summed E-state index contributed by atoms with van der Waals surface area (Å²) in [4.78, 5) is -0.365. The number of hydrogen-bond donors (Lipinski definition) is 1. The SMILES string of the molecule is COc1ccc(NC=C(C#N)S(=O)(=O)c2ccc(OC)cc2)cc1. The lowest BCUT2D eigenvalue weighted by Gasteiger charge is -2.06. The Bertz CT molecular complexity index is 864. The number of benzene rings is 2. The van der Waals surface area contributed by atoms with E-state index >= 15 is 0 Å². The van der Waals surface area contributed by atoms with Crippen LogP contribution in [0.25, 0.3) is 0 Å². The topological polar surface area (TPSA) is 88.4 Å². The second-order valence-corrected chi connectivity index (χ2v) is 6.59. The van der Waals surface area contributed by atoms with Gasteiger partial charge in [0.25, 0.3) is 0 Å². The molecule has 0 aliphatic heterocycles. The summed E-state index contributed by atoms with van der Waals surface area (Å²) in [5.41, 5.74) is 0.633. The van der Waals surface area contributed by atoms with Crippen molar-refractivity contribution in [2.24, 2.45) is 0 Å². The number of sulfone groups is 1. The third-order valence-corrected chi connectivity index (χ3v) is 4.91. The molecule has 0 aliphatic carbocycles. The van der Waals surface area contributed by atoms with E-state index in [1.54, 1.807) is 37.4 Å². The first-order valence-electron chi connectivity index (χ1n) is 6.91. The number of rotatable bonds is 6. The first kappa shape index (κ1) is 17.4. The molecule has 0 amide bonds. The number of nitriles is 1. The Hall–Kier alpha value is -2.98. The third kappa shape index (κ3) is 3.86. The van der Waals surface area contributed by atoms with E-state index in [1.165, 1.54) is 37.6 Å². The average molecular weight is 344 g/mol. The van der Waals surface area contributed by atoms with E-state index in [0.29, 0.717) is 17.2 Å². The van der Waals surface area contributed by atoms with Gasteiger partial charge in [0, 0.05) is 11.9 Å². The Kier molecular flexibility index (Phi) is 5.45. The quantitative estimate of drug-likeness (QED) is 0.811. The van der Waals surface area contributed by atoms with Gasteiger partial charge >= 0.3 is 0 Å². The molecule has 0 unspecified atom stereocenters. The molecule has 0 bridgehead atoms. The Labute approximate surface area is 140 Å². The van der Waals surface area contributed by atoms with Gasteiger partial charge in [0.2, 0.25) is 9.84 Å². The first-order valence-corrected chi connectivity index (χ1v) is 8.39. The number of nitrogens with one attached hydrogen (secondary N) is 1. The highest BCUT2D eigenvalue weighted by Crippen LogP contribution is 2.22. The monoisotopic (exact) mass is 344 g/mol. The van der Waals surface area contributed by atoms with Gasteiger partial charge in [0.1, 0.15) is 17.6 Å². The maximum absolute atomic E-state index is 12.5. The number of methoxy groups -OCH3 is 2. The zero-order chi connectivity index (χ0) is 17.6. The molecule has 6 nitrogen and oxygen atoms in total. The lowest BCUT2D eigenvalue weighted by molar-refractivity contribution is 0.414. The Morgan fingerprint density at radius 1 is 1.00 bits per heavy atom. The Morgan fingerprint density at radius 2 is 1.50 bits per heavy atom. The molecule has 7 heteroatoms. The normalized spacial score (nSPS) is 11.5. The number of allylic oxidation sites excluding steroid dienone is 1. The smallest absolute Gasteiger partial charge is 0.218 e. The molecule has 0 radical (unpaired) electrons. The zero-order valence-electron chi connectivity index (χ0n) is 13.2. The van der Waals surface area contributed by atoms with Crippen LogP contribution in [0, 0.1) is 11.3 Å². The lowest BCUT2D eigenvalue weighted by Crippen LogP contribution is -2.05. The maximum Gasteiger partial charge on any atom is 0.218 e. The fourth-order valence-corrected chi connectivity index (χ4v) is 2.97.